The Labute approximate surface area is 124 Å². The third-order valence-corrected chi connectivity index (χ3v) is 3.64. The van der Waals surface area contributed by atoms with Crippen molar-refractivity contribution in [3.8, 4) is 0 Å². The van der Waals surface area contributed by atoms with Crippen LogP contribution < -0.4 is 0 Å². The summed E-state index contributed by atoms with van der Waals surface area (Å²) in [5.74, 6) is -1.21. The summed E-state index contributed by atoms with van der Waals surface area (Å²) in [6.07, 6.45) is 1.02. The smallest absolute Gasteiger partial charge is 0.307 e. The fourth-order valence-corrected chi connectivity index (χ4v) is 2.32. The van der Waals surface area contributed by atoms with Gasteiger partial charge in [-0.1, -0.05) is 54.1 Å². The van der Waals surface area contributed by atoms with Gasteiger partial charge >= 0.3 is 5.97 Å². The van der Waals surface area contributed by atoms with Gasteiger partial charge in [0.05, 0.1) is 12.5 Å². The predicted octanol–water partition coefficient (Wildman–Crippen LogP) is 2.97. The fraction of sp³-hybridized carbons (Fsp3) is 0.278. The highest BCUT2D eigenvalue weighted by atomic mass is 16.4. The molecule has 2 N–H and O–H groups in total. The Morgan fingerprint density at radius 2 is 1.33 bits per heavy atom. The van der Waals surface area contributed by atoms with Crippen LogP contribution in [0.15, 0.2) is 48.5 Å². The molecule has 0 heterocycles. The van der Waals surface area contributed by atoms with Crippen LogP contribution in [-0.4, -0.2) is 16.2 Å². The number of carboxylic acid groups (broad SMARTS) is 1. The highest BCUT2D eigenvalue weighted by Gasteiger charge is 2.18. The summed E-state index contributed by atoms with van der Waals surface area (Å²) < 4.78 is 0. The van der Waals surface area contributed by atoms with Crippen LogP contribution in [0.3, 0.4) is 0 Å². The number of aliphatic hydroxyl groups is 1. The van der Waals surface area contributed by atoms with Gasteiger partial charge in [-0.3, -0.25) is 4.79 Å². The van der Waals surface area contributed by atoms with Gasteiger partial charge in [-0.2, -0.15) is 0 Å². The molecule has 2 aromatic rings. The van der Waals surface area contributed by atoms with Crippen LogP contribution in [0.25, 0.3) is 0 Å². The lowest BCUT2D eigenvalue weighted by Crippen LogP contribution is -2.19. The van der Waals surface area contributed by atoms with Gasteiger partial charge in [0.2, 0.25) is 0 Å². The van der Waals surface area contributed by atoms with Gasteiger partial charge in [-0.05, 0) is 36.5 Å². The van der Waals surface area contributed by atoms with Crippen LogP contribution in [-0.2, 0) is 24.2 Å². The van der Waals surface area contributed by atoms with Crippen LogP contribution in [0, 0.1) is 12.8 Å². The molecule has 0 spiro atoms. The van der Waals surface area contributed by atoms with Crippen molar-refractivity contribution in [1.29, 1.82) is 0 Å². The lowest BCUT2D eigenvalue weighted by atomic mass is 9.92. The molecule has 0 amide bonds. The molecule has 1 unspecified atom stereocenters. The van der Waals surface area contributed by atoms with Gasteiger partial charge in [-0.25, -0.2) is 0 Å². The summed E-state index contributed by atoms with van der Waals surface area (Å²) in [4.78, 5) is 11.5. The zero-order chi connectivity index (χ0) is 15.2. The van der Waals surface area contributed by atoms with Crippen LogP contribution in [0.2, 0.25) is 0 Å². The van der Waals surface area contributed by atoms with Crippen LogP contribution in [0.5, 0.6) is 0 Å². The Kier molecular flexibility index (Phi) is 5.12. The molecule has 3 nitrogen and oxygen atoms in total. The molecule has 21 heavy (non-hydrogen) atoms. The average Bonchev–Trinajstić information content (AvgIpc) is 2.49. The van der Waals surface area contributed by atoms with E-state index in [1.165, 1.54) is 5.56 Å². The molecule has 0 aliphatic heterocycles. The molecular weight excluding hydrogens is 264 g/mol. The third kappa shape index (κ3) is 4.43. The second kappa shape index (κ2) is 7.04. The van der Waals surface area contributed by atoms with E-state index in [0.29, 0.717) is 12.8 Å². The second-order valence-electron chi connectivity index (χ2n) is 5.40. The number of rotatable bonds is 6. The summed E-state index contributed by atoms with van der Waals surface area (Å²) in [5.41, 5.74) is 4.03. The number of benzene rings is 2. The van der Waals surface area contributed by atoms with Crippen molar-refractivity contribution >= 4 is 5.97 Å². The van der Waals surface area contributed by atoms with E-state index in [-0.39, 0.29) is 6.61 Å². The molecule has 0 aromatic heterocycles. The quantitative estimate of drug-likeness (QED) is 0.857. The first-order valence-electron chi connectivity index (χ1n) is 7.05. The maximum Gasteiger partial charge on any atom is 0.307 e. The summed E-state index contributed by atoms with van der Waals surface area (Å²) >= 11 is 0. The van der Waals surface area contributed by atoms with Crippen molar-refractivity contribution in [3.63, 3.8) is 0 Å². The summed E-state index contributed by atoms with van der Waals surface area (Å²) in [7, 11) is 0. The molecule has 2 rings (SSSR count). The van der Waals surface area contributed by atoms with Crippen molar-refractivity contribution in [2.45, 2.75) is 26.4 Å². The van der Waals surface area contributed by atoms with Crippen molar-refractivity contribution in [1.82, 2.24) is 0 Å². The molecule has 2 aromatic carbocycles. The average molecular weight is 284 g/mol. The minimum absolute atomic E-state index is 0.00596. The molecule has 1 atom stereocenters. The number of aliphatic hydroxyl groups excluding tert-OH is 1. The minimum atomic E-state index is -0.776. The number of carbonyl (C=O) groups is 1. The number of carboxylic acids is 1. The van der Waals surface area contributed by atoms with Gasteiger partial charge < -0.3 is 10.2 Å². The Hall–Kier alpha value is -2.13. The van der Waals surface area contributed by atoms with E-state index in [0.717, 1.165) is 16.7 Å². The molecule has 0 fully saturated rings. The second-order valence-corrected chi connectivity index (χ2v) is 5.40. The zero-order valence-electron chi connectivity index (χ0n) is 12.1. The maximum atomic E-state index is 11.5. The van der Waals surface area contributed by atoms with E-state index in [4.69, 9.17) is 5.11 Å². The Balaban J connectivity index is 2.07. The number of aryl methyl sites for hydroxylation is 1. The van der Waals surface area contributed by atoms with Gasteiger partial charge in [0, 0.05) is 0 Å². The zero-order valence-corrected chi connectivity index (χ0v) is 12.1. The Morgan fingerprint density at radius 3 is 1.76 bits per heavy atom. The van der Waals surface area contributed by atoms with E-state index < -0.39 is 11.9 Å². The van der Waals surface area contributed by atoms with Crippen molar-refractivity contribution in [2.24, 2.45) is 5.92 Å². The van der Waals surface area contributed by atoms with Crippen LogP contribution >= 0.6 is 0 Å². The van der Waals surface area contributed by atoms with Crippen LogP contribution in [0.4, 0.5) is 0 Å². The first-order chi connectivity index (χ1) is 10.1. The molecule has 0 bridgehead atoms. The Bertz CT molecular complexity index is 585. The topological polar surface area (TPSA) is 57.5 Å². The van der Waals surface area contributed by atoms with Gasteiger partial charge in [0.15, 0.2) is 0 Å². The standard InChI is InChI=1S/C18H20O3/c1-13-2-4-14(5-3-13)10-17(18(20)21)11-15-6-8-16(12-19)9-7-15/h2-9,17,19H,10-12H2,1H3,(H,20,21). The fourth-order valence-electron chi connectivity index (χ4n) is 2.32. The van der Waals surface area contributed by atoms with Gasteiger partial charge in [0.1, 0.15) is 0 Å². The largest absolute Gasteiger partial charge is 0.481 e. The molecule has 0 aliphatic rings. The maximum absolute atomic E-state index is 11.5. The van der Waals surface area contributed by atoms with Crippen LogP contribution in [0.1, 0.15) is 22.3 Å². The molecule has 110 valence electrons. The van der Waals surface area contributed by atoms with E-state index in [2.05, 4.69) is 0 Å². The number of hydrogen-bond donors (Lipinski definition) is 2. The van der Waals surface area contributed by atoms with Crippen molar-refractivity contribution in [2.75, 3.05) is 0 Å². The van der Waals surface area contributed by atoms with Gasteiger partial charge in [0.25, 0.3) is 0 Å². The minimum Gasteiger partial charge on any atom is -0.481 e. The lowest BCUT2D eigenvalue weighted by Gasteiger charge is -2.13. The molecule has 0 saturated carbocycles. The molecule has 0 radical (unpaired) electrons. The van der Waals surface area contributed by atoms with E-state index in [9.17, 15) is 9.90 Å². The molecular formula is C18H20O3. The normalized spacial score (nSPS) is 12.1. The Morgan fingerprint density at radius 1 is 0.905 bits per heavy atom. The van der Waals surface area contributed by atoms with Crippen molar-refractivity contribution in [3.05, 3.63) is 70.8 Å². The third-order valence-electron chi connectivity index (χ3n) is 3.64. The number of aliphatic carboxylic acids is 1. The van der Waals surface area contributed by atoms with E-state index >= 15 is 0 Å². The highest BCUT2D eigenvalue weighted by molar-refractivity contribution is 5.70. The highest BCUT2D eigenvalue weighted by Crippen LogP contribution is 2.16. The predicted molar refractivity (Wildman–Crippen MR) is 82.1 cm³/mol. The first kappa shape index (κ1) is 15.3. The first-order valence-corrected chi connectivity index (χ1v) is 7.05. The molecule has 0 saturated heterocycles. The monoisotopic (exact) mass is 284 g/mol. The molecule has 3 heteroatoms. The summed E-state index contributed by atoms with van der Waals surface area (Å²) in [6.45, 7) is 2.02. The van der Waals surface area contributed by atoms with Gasteiger partial charge in [-0.15, -0.1) is 0 Å². The summed E-state index contributed by atoms with van der Waals surface area (Å²) in [6, 6.07) is 15.4. The van der Waals surface area contributed by atoms with E-state index in [1.54, 1.807) is 0 Å². The SMILES string of the molecule is Cc1ccc(CC(Cc2ccc(CO)cc2)C(=O)O)cc1. The lowest BCUT2D eigenvalue weighted by molar-refractivity contribution is -0.141. The molecule has 0 aliphatic carbocycles. The number of hydrogen-bond acceptors (Lipinski definition) is 2. The van der Waals surface area contributed by atoms with E-state index in [1.807, 2.05) is 55.5 Å². The van der Waals surface area contributed by atoms with Crippen molar-refractivity contribution < 1.29 is 15.0 Å². The summed E-state index contributed by atoms with van der Waals surface area (Å²) in [5, 5.41) is 18.4.